The highest BCUT2D eigenvalue weighted by Crippen LogP contribution is 2.58. The number of nitrogens with zero attached hydrogens (tertiary/aromatic N) is 1. The van der Waals surface area contributed by atoms with Crippen molar-refractivity contribution in [1.29, 1.82) is 0 Å². The molecule has 2 atom stereocenters. The third-order valence-corrected chi connectivity index (χ3v) is 4.85. The van der Waals surface area contributed by atoms with Crippen LogP contribution in [0.5, 0.6) is 0 Å². The second kappa shape index (κ2) is 4.28. The molecule has 20 heavy (non-hydrogen) atoms. The maximum atomic E-state index is 12.2. The number of carbonyl (C=O) groups is 2. The van der Waals surface area contributed by atoms with Crippen molar-refractivity contribution in [2.75, 3.05) is 5.32 Å². The summed E-state index contributed by atoms with van der Waals surface area (Å²) in [6, 6.07) is 7.61. The first-order chi connectivity index (χ1) is 9.41. The molecule has 5 nitrogen and oxygen atoms in total. The summed E-state index contributed by atoms with van der Waals surface area (Å²) in [5.74, 6) is -2.29. The topological polar surface area (TPSA) is 79.3 Å². The van der Waals surface area contributed by atoms with Gasteiger partial charge < -0.3 is 10.4 Å². The van der Waals surface area contributed by atoms with Crippen LogP contribution in [0.25, 0.3) is 10.2 Å². The van der Waals surface area contributed by atoms with Gasteiger partial charge in [-0.15, -0.1) is 0 Å². The van der Waals surface area contributed by atoms with Gasteiger partial charge in [0.1, 0.15) is 0 Å². The molecule has 0 radical (unpaired) electrons. The maximum Gasteiger partial charge on any atom is 0.307 e. The third kappa shape index (κ3) is 1.96. The molecule has 1 amide bonds. The summed E-state index contributed by atoms with van der Waals surface area (Å²) >= 11 is 1.39. The lowest BCUT2D eigenvalue weighted by atomic mass is 10.1. The maximum absolute atomic E-state index is 12.2. The molecule has 2 aromatic rings. The number of benzene rings is 1. The van der Waals surface area contributed by atoms with Crippen LogP contribution in [0.2, 0.25) is 0 Å². The van der Waals surface area contributed by atoms with Gasteiger partial charge in [-0.2, -0.15) is 0 Å². The van der Waals surface area contributed by atoms with Crippen LogP contribution in [0, 0.1) is 17.3 Å². The fourth-order valence-electron chi connectivity index (χ4n) is 2.70. The molecular formula is C14H14N2O3S. The summed E-state index contributed by atoms with van der Waals surface area (Å²) < 4.78 is 0.993. The summed E-state index contributed by atoms with van der Waals surface area (Å²) in [6.07, 6.45) is 0. The Labute approximate surface area is 119 Å². The Morgan fingerprint density at radius 1 is 1.30 bits per heavy atom. The zero-order valence-corrected chi connectivity index (χ0v) is 11.9. The molecule has 0 spiro atoms. The highest BCUT2D eigenvalue weighted by atomic mass is 32.1. The number of amides is 1. The van der Waals surface area contributed by atoms with Crippen LogP contribution < -0.4 is 5.32 Å². The summed E-state index contributed by atoms with van der Waals surface area (Å²) in [7, 11) is 0. The second-order valence-corrected chi connectivity index (χ2v) is 6.62. The minimum absolute atomic E-state index is 0.263. The molecule has 1 aromatic heterocycles. The van der Waals surface area contributed by atoms with E-state index in [1.54, 1.807) is 13.8 Å². The molecule has 0 aliphatic heterocycles. The van der Waals surface area contributed by atoms with Gasteiger partial charge in [0.2, 0.25) is 5.91 Å². The Kier molecular flexibility index (Phi) is 2.79. The number of hydrogen-bond acceptors (Lipinski definition) is 4. The summed E-state index contributed by atoms with van der Waals surface area (Å²) in [5, 5.41) is 12.4. The molecule has 1 aromatic carbocycles. The number of carbonyl (C=O) groups excluding carboxylic acids is 1. The average molecular weight is 290 g/mol. The molecule has 0 unspecified atom stereocenters. The first kappa shape index (κ1) is 13.1. The first-order valence-corrected chi connectivity index (χ1v) is 7.12. The van der Waals surface area contributed by atoms with Crippen LogP contribution >= 0.6 is 11.3 Å². The first-order valence-electron chi connectivity index (χ1n) is 6.30. The van der Waals surface area contributed by atoms with Crippen molar-refractivity contribution in [1.82, 2.24) is 4.98 Å². The number of carboxylic acid groups (broad SMARTS) is 1. The van der Waals surface area contributed by atoms with E-state index >= 15 is 0 Å². The van der Waals surface area contributed by atoms with Crippen LogP contribution in [-0.4, -0.2) is 22.0 Å². The highest BCUT2D eigenvalue weighted by Gasteiger charge is 2.65. The lowest BCUT2D eigenvalue weighted by Gasteiger charge is -2.02. The van der Waals surface area contributed by atoms with Crippen molar-refractivity contribution in [3.63, 3.8) is 0 Å². The van der Waals surface area contributed by atoms with Crippen molar-refractivity contribution in [3.05, 3.63) is 24.3 Å². The average Bonchev–Trinajstić information content (AvgIpc) is 2.76. The second-order valence-electron chi connectivity index (χ2n) is 5.59. The molecular weight excluding hydrogens is 276 g/mol. The fraction of sp³-hybridized carbons (Fsp3) is 0.357. The molecule has 1 saturated carbocycles. The zero-order valence-electron chi connectivity index (χ0n) is 11.1. The molecule has 1 aliphatic rings. The van der Waals surface area contributed by atoms with E-state index in [0.717, 1.165) is 10.2 Å². The molecule has 2 N–H and O–H groups in total. The molecule has 3 rings (SSSR count). The Bertz CT molecular complexity index is 674. The van der Waals surface area contributed by atoms with Crippen molar-refractivity contribution < 1.29 is 14.7 Å². The molecule has 6 heteroatoms. The van der Waals surface area contributed by atoms with Crippen molar-refractivity contribution in [3.8, 4) is 0 Å². The van der Waals surface area contributed by atoms with E-state index in [-0.39, 0.29) is 5.91 Å². The van der Waals surface area contributed by atoms with E-state index in [1.165, 1.54) is 11.3 Å². The quantitative estimate of drug-likeness (QED) is 0.910. The Hall–Kier alpha value is -1.95. The molecule has 104 valence electrons. The standard InChI is InChI=1S/C14H14N2O3S/c1-14(2)9(10(14)12(18)19)11(17)16-13-15-7-5-3-4-6-8(7)20-13/h3-6,9-10H,1-2H3,(H,18,19)(H,15,16,17)/t9-,10-/m0/s1. The van der Waals surface area contributed by atoms with E-state index in [2.05, 4.69) is 10.3 Å². The van der Waals surface area contributed by atoms with Gasteiger partial charge in [0.05, 0.1) is 22.1 Å². The number of fused-ring (bicyclic) bond motifs is 1. The molecule has 0 bridgehead atoms. The van der Waals surface area contributed by atoms with Gasteiger partial charge in [0.15, 0.2) is 5.13 Å². The number of aliphatic carboxylic acids is 1. The van der Waals surface area contributed by atoms with E-state index in [1.807, 2.05) is 24.3 Å². The Morgan fingerprint density at radius 2 is 2.00 bits per heavy atom. The van der Waals surface area contributed by atoms with Crippen LogP contribution in [0.15, 0.2) is 24.3 Å². The van der Waals surface area contributed by atoms with Gasteiger partial charge in [0.25, 0.3) is 0 Å². The third-order valence-electron chi connectivity index (χ3n) is 3.90. The summed E-state index contributed by atoms with van der Waals surface area (Å²) in [6.45, 7) is 3.60. The van der Waals surface area contributed by atoms with Gasteiger partial charge in [-0.1, -0.05) is 37.3 Å². The molecule has 0 saturated heterocycles. The SMILES string of the molecule is CC1(C)[C@H](C(=O)O)[C@H]1C(=O)Nc1nc2ccccc2s1. The van der Waals surface area contributed by atoms with Gasteiger partial charge in [-0.05, 0) is 17.5 Å². The normalized spacial score (nSPS) is 23.5. The Balaban J connectivity index is 1.78. The fourth-order valence-corrected chi connectivity index (χ4v) is 3.57. The van der Waals surface area contributed by atoms with Crippen LogP contribution in [0.1, 0.15) is 13.8 Å². The molecule has 1 heterocycles. The number of nitrogens with one attached hydrogen (secondary N) is 1. The van der Waals surface area contributed by atoms with Crippen molar-refractivity contribution >= 4 is 38.6 Å². The zero-order chi connectivity index (χ0) is 14.5. The highest BCUT2D eigenvalue weighted by molar-refractivity contribution is 7.22. The molecule has 1 fully saturated rings. The minimum Gasteiger partial charge on any atom is -0.481 e. The van der Waals surface area contributed by atoms with Crippen molar-refractivity contribution in [2.45, 2.75) is 13.8 Å². The minimum atomic E-state index is -0.917. The van der Waals surface area contributed by atoms with Crippen LogP contribution in [-0.2, 0) is 9.59 Å². The predicted octanol–water partition coefficient (Wildman–Crippen LogP) is 2.59. The number of rotatable bonds is 3. The lowest BCUT2D eigenvalue weighted by molar-refractivity contribution is -0.140. The number of anilines is 1. The van der Waals surface area contributed by atoms with Gasteiger partial charge in [-0.3, -0.25) is 9.59 Å². The van der Waals surface area contributed by atoms with Gasteiger partial charge in [0, 0.05) is 0 Å². The largest absolute Gasteiger partial charge is 0.481 e. The van der Waals surface area contributed by atoms with Crippen molar-refractivity contribution in [2.24, 2.45) is 17.3 Å². The van der Waals surface area contributed by atoms with E-state index < -0.39 is 23.2 Å². The number of hydrogen-bond donors (Lipinski definition) is 2. The van der Waals surface area contributed by atoms with E-state index in [4.69, 9.17) is 5.11 Å². The summed E-state index contributed by atoms with van der Waals surface area (Å²) in [4.78, 5) is 27.6. The lowest BCUT2D eigenvalue weighted by Crippen LogP contribution is -2.17. The molecule has 1 aliphatic carbocycles. The van der Waals surface area contributed by atoms with Crippen LogP contribution in [0.3, 0.4) is 0 Å². The summed E-state index contributed by atoms with van der Waals surface area (Å²) in [5.41, 5.74) is 0.338. The number of thiazole rings is 1. The van der Waals surface area contributed by atoms with E-state index in [9.17, 15) is 9.59 Å². The monoisotopic (exact) mass is 290 g/mol. The smallest absolute Gasteiger partial charge is 0.307 e. The van der Waals surface area contributed by atoms with Gasteiger partial charge >= 0.3 is 5.97 Å². The number of para-hydroxylation sites is 1. The van der Waals surface area contributed by atoms with E-state index in [0.29, 0.717) is 5.13 Å². The number of aromatic nitrogens is 1. The predicted molar refractivity (Wildman–Crippen MR) is 76.6 cm³/mol. The van der Waals surface area contributed by atoms with Gasteiger partial charge in [-0.25, -0.2) is 4.98 Å². The van der Waals surface area contributed by atoms with Crippen LogP contribution in [0.4, 0.5) is 5.13 Å². The Morgan fingerprint density at radius 3 is 2.60 bits per heavy atom. The number of carboxylic acids is 1.